The normalized spacial score (nSPS) is 10.2. The molecule has 2 aromatic carbocycles. The van der Waals surface area contributed by atoms with E-state index >= 15 is 0 Å². The van der Waals surface area contributed by atoms with Crippen molar-refractivity contribution in [2.24, 2.45) is 0 Å². The largest absolute Gasteiger partial charge is 0.497 e. The predicted molar refractivity (Wildman–Crippen MR) is 135 cm³/mol. The van der Waals surface area contributed by atoms with Crippen molar-refractivity contribution in [1.29, 1.82) is 0 Å². The molecule has 0 bridgehead atoms. The monoisotopic (exact) mass is 482 g/mol. The molecule has 2 amide bonds. The van der Waals surface area contributed by atoms with Gasteiger partial charge in [-0.25, -0.2) is 4.98 Å². The van der Waals surface area contributed by atoms with Crippen LogP contribution in [0.4, 0.5) is 11.5 Å². The first kappa shape index (κ1) is 24.2. The van der Waals surface area contributed by atoms with Crippen LogP contribution in [-0.2, 0) is 9.53 Å². The minimum atomic E-state index is -0.448. The summed E-state index contributed by atoms with van der Waals surface area (Å²) in [7, 11) is 3.05. The second kappa shape index (κ2) is 11.5. The number of rotatable bonds is 7. The van der Waals surface area contributed by atoms with Crippen molar-refractivity contribution in [1.82, 2.24) is 9.97 Å². The molecule has 0 spiro atoms. The number of carbonyl (C=O) groups excluding carboxylic acids is 2. The first-order chi connectivity index (χ1) is 17.6. The van der Waals surface area contributed by atoms with E-state index in [1.807, 2.05) is 0 Å². The third-order valence-electron chi connectivity index (χ3n) is 4.93. The highest BCUT2D eigenvalue weighted by Crippen LogP contribution is 2.31. The lowest BCUT2D eigenvalue weighted by molar-refractivity contribution is -0.111. The number of carbonyl (C=O) groups is 2. The van der Waals surface area contributed by atoms with Crippen molar-refractivity contribution >= 4 is 34.2 Å². The van der Waals surface area contributed by atoms with E-state index in [1.165, 1.54) is 7.11 Å². The van der Waals surface area contributed by atoms with Crippen molar-refractivity contribution in [2.75, 3.05) is 31.5 Å². The summed E-state index contributed by atoms with van der Waals surface area (Å²) in [6.45, 7) is 0.172. The maximum absolute atomic E-state index is 12.6. The zero-order chi connectivity index (χ0) is 25.3. The average Bonchev–Trinajstić information content (AvgIpc) is 2.89. The maximum atomic E-state index is 12.6. The fourth-order valence-electron chi connectivity index (χ4n) is 3.23. The van der Waals surface area contributed by atoms with E-state index in [0.29, 0.717) is 45.2 Å². The molecule has 0 saturated heterocycles. The van der Waals surface area contributed by atoms with Crippen LogP contribution >= 0.6 is 0 Å². The molecule has 9 nitrogen and oxygen atoms in total. The van der Waals surface area contributed by atoms with Crippen LogP contribution < -0.4 is 20.1 Å². The second-order valence-corrected chi connectivity index (χ2v) is 7.39. The molecule has 0 aliphatic carbocycles. The SMILES string of the molecule is COCC#CC(=O)Nc1ccc2nccc(Oc3ccc(C(=O)Nc4cc(OC)ccn4)cc3)c2c1. The Kier molecular flexibility index (Phi) is 7.70. The minimum absolute atomic E-state index is 0.172. The standard InChI is InChI=1S/C27H22N4O5/c1-34-15-3-4-26(32)30-19-7-10-23-22(16-19)24(12-14-28-23)36-20-8-5-18(6-9-20)27(33)31-25-17-21(35-2)11-13-29-25/h5-14,16-17H,15H2,1-2H3,(H,30,32)(H,29,31,33). The van der Waals surface area contributed by atoms with Gasteiger partial charge in [0.1, 0.15) is 29.7 Å². The van der Waals surface area contributed by atoms with Gasteiger partial charge in [-0.1, -0.05) is 5.92 Å². The van der Waals surface area contributed by atoms with Gasteiger partial charge in [0.2, 0.25) is 0 Å². The topological polar surface area (TPSA) is 112 Å². The molecular formula is C27H22N4O5. The van der Waals surface area contributed by atoms with E-state index in [-0.39, 0.29) is 12.5 Å². The summed E-state index contributed by atoms with van der Waals surface area (Å²) in [5, 5.41) is 6.16. The smallest absolute Gasteiger partial charge is 0.300 e. The molecule has 2 aromatic heterocycles. The summed E-state index contributed by atoms with van der Waals surface area (Å²) in [6, 6.07) is 17.0. The number of aromatic nitrogens is 2. The fraction of sp³-hybridized carbons (Fsp3) is 0.111. The van der Waals surface area contributed by atoms with E-state index in [2.05, 4.69) is 32.4 Å². The predicted octanol–water partition coefficient (Wildman–Crippen LogP) is 4.27. The number of ether oxygens (including phenoxy) is 3. The number of amides is 2. The van der Waals surface area contributed by atoms with Gasteiger partial charge < -0.3 is 24.8 Å². The first-order valence-corrected chi connectivity index (χ1v) is 10.8. The van der Waals surface area contributed by atoms with Crippen LogP contribution in [0.2, 0.25) is 0 Å². The van der Waals surface area contributed by atoms with Crippen LogP contribution in [0.25, 0.3) is 10.9 Å². The van der Waals surface area contributed by atoms with Gasteiger partial charge in [0.25, 0.3) is 11.8 Å². The summed E-state index contributed by atoms with van der Waals surface area (Å²) in [6.07, 6.45) is 3.19. The van der Waals surface area contributed by atoms with Crippen molar-refractivity contribution in [3.63, 3.8) is 0 Å². The highest BCUT2D eigenvalue weighted by Gasteiger charge is 2.10. The molecule has 4 aromatic rings. The van der Waals surface area contributed by atoms with Crippen LogP contribution in [0.3, 0.4) is 0 Å². The van der Waals surface area contributed by atoms with Crippen LogP contribution in [0.1, 0.15) is 10.4 Å². The molecule has 0 saturated carbocycles. The van der Waals surface area contributed by atoms with Crippen molar-refractivity contribution in [3.05, 3.63) is 78.6 Å². The van der Waals surface area contributed by atoms with Crippen LogP contribution in [0.5, 0.6) is 17.2 Å². The number of anilines is 2. The van der Waals surface area contributed by atoms with Crippen molar-refractivity contribution < 1.29 is 23.8 Å². The molecule has 2 N–H and O–H groups in total. The van der Waals surface area contributed by atoms with Crippen molar-refractivity contribution in [3.8, 4) is 29.1 Å². The molecule has 9 heteroatoms. The average molecular weight is 482 g/mol. The molecule has 180 valence electrons. The van der Waals surface area contributed by atoms with Gasteiger partial charge in [0.15, 0.2) is 0 Å². The molecular weight excluding hydrogens is 460 g/mol. The second-order valence-electron chi connectivity index (χ2n) is 7.39. The van der Waals surface area contributed by atoms with Gasteiger partial charge in [0.05, 0.1) is 12.6 Å². The summed E-state index contributed by atoms with van der Waals surface area (Å²) in [5.74, 6) is 6.35. The fourth-order valence-corrected chi connectivity index (χ4v) is 3.23. The van der Waals surface area contributed by atoms with Crippen LogP contribution in [0.15, 0.2) is 73.1 Å². The highest BCUT2D eigenvalue weighted by molar-refractivity contribution is 6.05. The number of nitrogens with zero attached hydrogens (tertiary/aromatic N) is 2. The van der Waals surface area contributed by atoms with Gasteiger partial charge in [0, 0.05) is 42.2 Å². The lowest BCUT2D eigenvalue weighted by atomic mass is 10.1. The van der Waals surface area contributed by atoms with E-state index in [1.54, 1.807) is 80.2 Å². The first-order valence-electron chi connectivity index (χ1n) is 10.8. The van der Waals surface area contributed by atoms with Crippen LogP contribution in [-0.4, -0.2) is 42.6 Å². The number of nitrogens with one attached hydrogen (secondary N) is 2. The quantitative estimate of drug-likeness (QED) is 0.378. The number of methoxy groups -OCH3 is 2. The van der Waals surface area contributed by atoms with E-state index in [9.17, 15) is 9.59 Å². The maximum Gasteiger partial charge on any atom is 0.300 e. The lowest BCUT2D eigenvalue weighted by Crippen LogP contribution is -2.12. The van der Waals surface area contributed by atoms with Gasteiger partial charge in [-0.15, -0.1) is 0 Å². The van der Waals surface area contributed by atoms with E-state index < -0.39 is 5.91 Å². The summed E-state index contributed by atoms with van der Waals surface area (Å²) in [5.41, 5.74) is 1.68. The lowest BCUT2D eigenvalue weighted by Gasteiger charge is -2.11. The molecule has 0 aliphatic rings. The Morgan fingerprint density at radius 3 is 2.47 bits per heavy atom. The van der Waals surface area contributed by atoms with Gasteiger partial charge in [-0.3, -0.25) is 14.6 Å². The summed E-state index contributed by atoms with van der Waals surface area (Å²) in [4.78, 5) is 33.0. The number of hydrogen-bond donors (Lipinski definition) is 2. The van der Waals surface area contributed by atoms with Gasteiger partial charge in [-0.2, -0.15) is 0 Å². The number of benzene rings is 2. The number of pyridine rings is 2. The van der Waals surface area contributed by atoms with Crippen LogP contribution in [0, 0.1) is 11.8 Å². The zero-order valence-corrected chi connectivity index (χ0v) is 19.6. The Balaban J connectivity index is 1.48. The van der Waals surface area contributed by atoms with Gasteiger partial charge in [-0.05, 0) is 60.5 Å². The third kappa shape index (κ3) is 6.14. The third-order valence-corrected chi connectivity index (χ3v) is 4.93. The zero-order valence-electron chi connectivity index (χ0n) is 19.6. The minimum Gasteiger partial charge on any atom is -0.497 e. The Labute approximate surface area is 207 Å². The Morgan fingerprint density at radius 1 is 0.889 bits per heavy atom. The molecule has 4 rings (SSSR count). The highest BCUT2D eigenvalue weighted by atomic mass is 16.5. The Hall–Kier alpha value is -4.94. The molecule has 0 radical (unpaired) electrons. The van der Waals surface area contributed by atoms with E-state index in [4.69, 9.17) is 14.2 Å². The molecule has 2 heterocycles. The van der Waals surface area contributed by atoms with Gasteiger partial charge >= 0.3 is 0 Å². The summed E-state index contributed by atoms with van der Waals surface area (Å²) < 4.78 is 16.0. The Bertz CT molecular complexity index is 1460. The Morgan fingerprint density at radius 2 is 1.69 bits per heavy atom. The summed E-state index contributed by atoms with van der Waals surface area (Å²) >= 11 is 0. The molecule has 36 heavy (non-hydrogen) atoms. The molecule has 0 aliphatic heterocycles. The molecule has 0 fully saturated rings. The number of fused-ring (bicyclic) bond motifs is 1. The number of hydrogen-bond acceptors (Lipinski definition) is 7. The van der Waals surface area contributed by atoms with Crippen molar-refractivity contribution in [2.45, 2.75) is 0 Å². The van der Waals surface area contributed by atoms with E-state index in [0.717, 1.165) is 0 Å². The molecule has 0 atom stereocenters. The molecule has 0 unspecified atom stereocenters.